The van der Waals surface area contributed by atoms with Crippen LogP contribution in [0.15, 0.2) is 30.3 Å². The average molecular weight is 383 g/mol. The number of benzene rings is 1. The van der Waals surface area contributed by atoms with Gasteiger partial charge in [-0.25, -0.2) is 4.79 Å². The number of halogens is 1. The maximum absolute atomic E-state index is 11.8. The number of nitrogens with two attached hydrogens (primary N) is 1. The second kappa shape index (κ2) is 12.5. The molecule has 1 aliphatic carbocycles. The second-order valence-electron chi connectivity index (χ2n) is 6.66. The lowest BCUT2D eigenvalue weighted by Gasteiger charge is -2.22. The first-order valence-electron chi connectivity index (χ1n) is 9.27. The number of amides is 3. The quantitative estimate of drug-likeness (QED) is 0.520. The lowest BCUT2D eigenvalue weighted by molar-refractivity contribution is -0.121. The predicted molar refractivity (Wildman–Crippen MR) is 106 cm³/mol. The van der Waals surface area contributed by atoms with Gasteiger partial charge in [-0.05, 0) is 24.8 Å². The number of rotatable bonds is 8. The third-order valence-corrected chi connectivity index (χ3v) is 4.55. The molecular formula is C19H31ClN4O2. The molecule has 1 saturated carbocycles. The standard InChI is InChI=1S/C19H30N4O2.ClH/c20-17(15-8-3-1-4-9-15)14-22-18(24)12-7-13-21-19(25)23-16-10-5-2-6-11-16;/h1,3-4,8-9,16-17H,2,5-7,10-14,20H2,(H,22,24)(H2,21,23,25);1H. The maximum atomic E-state index is 11.8. The molecule has 0 aromatic heterocycles. The summed E-state index contributed by atoms with van der Waals surface area (Å²) >= 11 is 0. The molecule has 0 radical (unpaired) electrons. The van der Waals surface area contributed by atoms with E-state index >= 15 is 0 Å². The predicted octanol–water partition coefficient (Wildman–Crippen LogP) is 2.64. The molecule has 1 aromatic carbocycles. The summed E-state index contributed by atoms with van der Waals surface area (Å²) in [6, 6.07) is 9.67. The fourth-order valence-corrected chi connectivity index (χ4v) is 3.06. The molecule has 146 valence electrons. The molecule has 1 atom stereocenters. The normalized spacial score (nSPS) is 15.4. The summed E-state index contributed by atoms with van der Waals surface area (Å²) in [5.41, 5.74) is 7.05. The summed E-state index contributed by atoms with van der Waals surface area (Å²) in [5, 5.41) is 8.66. The number of hydrogen-bond acceptors (Lipinski definition) is 3. The Balaban J connectivity index is 0.00000338. The molecule has 0 heterocycles. The number of carbonyl (C=O) groups is 2. The van der Waals surface area contributed by atoms with Crippen LogP contribution < -0.4 is 21.7 Å². The van der Waals surface area contributed by atoms with Crippen LogP contribution in [0.4, 0.5) is 4.79 Å². The number of nitrogens with one attached hydrogen (secondary N) is 3. The molecule has 0 spiro atoms. The van der Waals surface area contributed by atoms with Crippen molar-refractivity contribution in [3.8, 4) is 0 Å². The molecule has 1 unspecified atom stereocenters. The van der Waals surface area contributed by atoms with Crippen LogP contribution in [0.1, 0.15) is 56.6 Å². The highest BCUT2D eigenvalue weighted by Crippen LogP contribution is 2.17. The molecule has 0 saturated heterocycles. The lowest BCUT2D eigenvalue weighted by Crippen LogP contribution is -2.43. The Hall–Kier alpha value is -1.79. The Labute approximate surface area is 162 Å². The monoisotopic (exact) mass is 382 g/mol. The molecule has 3 amide bonds. The van der Waals surface area contributed by atoms with E-state index in [-0.39, 0.29) is 30.4 Å². The van der Waals surface area contributed by atoms with E-state index in [0.717, 1.165) is 18.4 Å². The van der Waals surface area contributed by atoms with Crippen molar-refractivity contribution in [1.82, 2.24) is 16.0 Å². The fraction of sp³-hybridized carbons (Fsp3) is 0.579. The van der Waals surface area contributed by atoms with Gasteiger partial charge in [0.25, 0.3) is 0 Å². The molecule has 1 fully saturated rings. The minimum atomic E-state index is -0.204. The van der Waals surface area contributed by atoms with Crippen LogP contribution in [0, 0.1) is 0 Å². The van der Waals surface area contributed by atoms with E-state index < -0.39 is 0 Å². The Bertz CT molecular complexity index is 536. The van der Waals surface area contributed by atoms with Crippen molar-refractivity contribution in [2.45, 2.75) is 57.0 Å². The lowest BCUT2D eigenvalue weighted by atomic mass is 9.96. The largest absolute Gasteiger partial charge is 0.354 e. The van der Waals surface area contributed by atoms with Gasteiger partial charge in [-0.2, -0.15) is 0 Å². The highest BCUT2D eigenvalue weighted by atomic mass is 35.5. The fourth-order valence-electron chi connectivity index (χ4n) is 3.06. The third kappa shape index (κ3) is 8.54. The van der Waals surface area contributed by atoms with Gasteiger partial charge in [0.1, 0.15) is 0 Å². The van der Waals surface area contributed by atoms with Gasteiger partial charge in [0.2, 0.25) is 5.91 Å². The Morgan fingerprint density at radius 3 is 2.46 bits per heavy atom. The van der Waals surface area contributed by atoms with Crippen molar-refractivity contribution in [3.63, 3.8) is 0 Å². The van der Waals surface area contributed by atoms with Crippen LogP contribution in [0.2, 0.25) is 0 Å². The van der Waals surface area contributed by atoms with E-state index in [2.05, 4.69) is 16.0 Å². The molecule has 1 aliphatic rings. The minimum Gasteiger partial charge on any atom is -0.354 e. The summed E-state index contributed by atoms with van der Waals surface area (Å²) < 4.78 is 0. The smallest absolute Gasteiger partial charge is 0.315 e. The summed E-state index contributed by atoms with van der Waals surface area (Å²) in [6.07, 6.45) is 6.78. The van der Waals surface area contributed by atoms with Crippen molar-refractivity contribution >= 4 is 24.3 Å². The van der Waals surface area contributed by atoms with Crippen LogP contribution in [0.3, 0.4) is 0 Å². The summed E-state index contributed by atoms with van der Waals surface area (Å²) in [5.74, 6) is -0.0409. The number of hydrogen-bond donors (Lipinski definition) is 4. The molecule has 0 aliphatic heterocycles. The zero-order chi connectivity index (χ0) is 17.9. The van der Waals surface area contributed by atoms with Crippen LogP contribution in [0.5, 0.6) is 0 Å². The highest BCUT2D eigenvalue weighted by molar-refractivity contribution is 5.85. The van der Waals surface area contributed by atoms with Crippen LogP contribution >= 0.6 is 12.4 Å². The average Bonchev–Trinajstić information content (AvgIpc) is 2.65. The molecule has 7 heteroatoms. The zero-order valence-corrected chi connectivity index (χ0v) is 16.0. The molecule has 1 aromatic rings. The van der Waals surface area contributed by atoms with Crippen molar-refractivity contribution in [1.29, 1.82) is 0 Å². The molecular weight excluding hydrogens is 352 g/mol. The topological polar surface area (TPSA) is 96.2 Å². The molecule has 2 rings (SSSR count). The molecule has 0 bridgehead atoms. The van der Waals surface area contributed by atoms with Gasteiger partial charge >= 0.3 is 6.03 Å². The van der Waals surface area contributed by atoms with Gasteiger partial charge < -0.3 is 21.7 Å². The van der Waals surface area contributed by atoms with Gasteiger partial charge in [0.05, 0.1) is 0 Å². The Kier molecular flexibility index (Phi) is 10.7. The van der Waals surface area contributed by atoms with E-state index in [9.17, 15) is 9.59 Å². The molecule has 6 nitrogen and oxygen atoms in total. The van der Waals surface area contributed by atoms with Crippen molar-refractivity contribution < 1.29 is 9.59 Å². The van der Waals surface area contributed by atoms with E-state index in [0.29, 0.717) is 32.0 Å². The first-order valence-corrected chi connectivity index (χ1v) is 9.27. The van der Waals surface area contributed by atoms with Crippen molar-refractivity contribution in [2.24, 2.45) is 5.73 Å². The van der Waals surface area contributed by atoms with Gasteiger partial charge in [0.15, 0.2) is 0 Å². The second-order valence-corrected chi connectivity index (χ2v) is 6.66. The Morgan fingerprint density at radius 2 is 1.77 bits per heavy atom. The van der Waals surface area contributed by atoms with Crippen LogP contribution in [-0.2, 0) is 4.79 Å². The first kappa shape index (κ1) is 22.3. The van der Waals surface area contributed by atoms with E-state index in [4.69, 9.17) is 5.73 Å². The van der Waals surface area contributed by atoms with Crippen molar-refractivity contribution in [3.05, 3.63) is 35.9 Å². The summed E-state index contributed by atoms with van der Waals surface area (Å²) in [7, 11) is 0. The van der Waals surface area contributed by atoms with Crippen LogP contribution in [-0.4, -0.2) is 31.1 Å². The highest BCUT2D eigenvalue weighted by Gasteiger charge is 2.15. The first-order chi connectivity index (χ1) is 12.1. The van der Waals surface area contributed by atoms with Crippen molar-refractivity contribution in [2.75, 3.05) is 13.1 Å². The van der Waals surface area contributed by atoms with Crippen LogP contribution in [0.25, 0.3) is 0 Å². The number of carbonyl (C=O) groups excluding carboxylic acids is 2. The Morgan fingerprint density at radius 1 is 1.08 bits per heavy atom. The van der Waals surface area contributed by atoms with Gasteiger partial charge in [0, 0.05) is 31.6 Å². The third-order valence-electron chi connectivity index (χ3n) is 4.55. The summed E-state index contributed by atoms with van der Waals surface area (Å²) in [6.45, 7) is 0.912. The van der Waals surface area contributed by atoms with E-state index in [1.165, 1.54) is 19.3 Å². The van der Waals surface area contributed by atoms with Gasteiger partial charge in [-0.3, -0.25) is 4.79 Å². The molecule has 5 N–H and O–H groups in total. The van der Waals surface area contributed by atoms with Gasteiger partial charge in [-0.15, -0.1) is 12.4 Å². The van der Waals surface area contributed by atoms with E-state index in [1.54, 1.807) is 0 Å². The summed E-state index contributed by atoms with van der Waals surface area (Å²) in [4.78, 5) is 23.6. The SMILES string of the molecule is Cl.NC(CNC(=O)CCCNC(=O)NC1CCCCC1)c1ccccc1. The van der Waals surface area contributed by atoms with E-state index in [1.807, 2.05) is 30.3 Å². The number of urea groups is 1. The minimum absolute atomic E-state index is 0. The zero-order valence-electron chi connectivity index (χ0n) is 15.2. The maximum Gasteiger partial charge on any atom is 0.315 e. The van der Waals surface area contributed by atoms with Gasteiger partial charge in [-0.1, -0.05) is 49.6 Å². The molecule has 26 heavy (non-hydrogen) atoms.